The van der Waals surface area contributed by atoms with Crippen molar-refractivity contribution < 1.29 is 9.47 Å². The van der Waals surface area contributed by atoms with Crippen LogP contribution in [0.5, 0.6) is 11.5 Å². The molecule has 20 heavy (non-hydrogen) atoms. The van der Waals surface area contributed by atoms with Gasteiger partial charge in [0.25, 0.3) is 0 Å². The lowest BCUT2D eigenvalue weighted by Crippen LogP contribution is -1.99. The molecule has 0 bridgehead atoms. The Morgan fingerprint density at radius 3 is 2.30 bits per heavy atom. The lowest BCUT2D eigenvalue weighted by molar-refractivity contribution is 0.301. The van der Waals surface area contributed by atoms with Gasteiger partial charge in [-0.05, 0) is 25.5 Å². The minimum Gasteiger partial charge on any atom is -0.497 e. The Hall–Kier alpha value is -1.67. The van der Waals surface area contributed by atoms with Crippen LogP contribution in [0.3, 0.4) is 0 Å². The van der Waals surface area contributed by atoms with E-state index in [0.29, 0.717) is 12.5 Å². The van der Waals surface area contributed by atoms with Crippen molar-refractivity contribution in [3.05, 3.63) is 58.7 Å². The number of methoxy groups -OCH3 is 1. The molecule has 0 aliphatic carbocycles. The SMILES string of the molecule is COc1ccc(CCl)c(OCc2cc(C)cc(C)c2)c1. The summed E-state index contributed by atoms with van der Waals surface area (Å²) in [5.41, 5.74) is 4.61. The van der Waals surface area contributed by atoms with Gasteiger partial charge in [0.15, 0.2) is 0 Å². The van der Waals surface area contributed by atoms with Crippen LogP contribution in [0.2, 0.25) is 0 Å². The molecule has 2 nitrogen and oxygen atoms in total. The molecule has 0 fully saturated rings. The van der Waals surface area contributed by atoms with Crippen LogP contribution in [0, 0.1) is 13.8 Å². The van der Waals surface area contributed by atoms with Crippen molar-refractivity contribution >= 4 is 11.6 Å². The smallest absolute Gasteiger partial charge is 0.127 e. The quantitative estimate of drug-likeness (QED) is 0.748. The van der Waals surface area contributed by atoms with Gasteiger partial charge in [0.2, 0.25) is 0 Å². The maximum absolute atomic E-state index is 5.94. The number of rotatable bonds is 5. The van der Waals surface area contributed by atoms with E-state index in [0.717, 1.165) is 22.6 Å². The first-order valence-electron chi connectivity index (χ1n) is 6.55. The Balaban J connectivity index is 2.17. The first-order chi connectivity index (χ1) is 9.62. The Morgan fingerprint density at radius 2 is 1.70 bits per heavy atom. The fraction of sp³-hybridized carbons (Fsp3) is 0.294. The summed E-state index contributed by atoms with van der Waals surface area (Å²) in [7, 11) is 1.64. The molecule has 0 unspecified atom stereocenters. The van der Waals surface area contributed by atoms with E-state index in [4.69, 9.17) is 21.1 Å². The third-order valence-corrected chi connectivity index (χ3v) is 3.38. The first-order valence-corrected chi connectivity index (χ1v) is 7.08. The van der Waals surface area contributed by atoms with E-state index in [2.05, 4.69) is 32.0 Å². The highest BCUT2D eigenvalue weighted by Crippen LogP contribution is 2.27. The fourth-order valence-corrected chi connectivity index (χ4v) is 2.44. The van der Waals surface area contributed by atoms with E-state index in [-0.39, 0.29) is 0 Å². The molecule has 0 radical (unpaired) electrons. The van der Waals surface area contributed by atoms with Crippen LogP contribution in [0.25, 0.3) is 0 Å². The summed E-state index contributed by atoms with van der Waals surface area (Å²) in [4.78, 5) is 0. The van der Waals surface area contributed by atoms with E-state index in [1.165, 1.54) is 11.1 Å². The van der Waals surface area contributed by atoms with Gasteiger partial charge in [0.05, 0.1) is 13.0 Å². The highest BCUT2D eigenvalue weighted by molar-refractivity contribution is 6.17. The highest BCUT2D eigenvalue weighted by Gasteiger charge is 2.06. The van der Waals surface area contributed by atoms with Gasteiger partial charge >= 0.3 is 0 Å². The maximum Gasteiger partial charge on any atom is 0.127 e. The van der Waals surface area contributed by atoms with E-state index in [9.17, 15) is 0 Å². The number of halogens is 1. The maximum atomic E-state index is 5.94. The van der Waals surface area contributed by atoms with Gasteiger partial charge in [-0.2, -0.15) is 0 Å². The second-order valence-electron chi connectivity index (χ2n) is 4.89. The second-order valence-corrected chi connectivity index (χ2v) is 5.16. The molecule has 0 saturated carbocycles. The third-order valence-electron chi connectivity index (χ3n) is 3.09. The van der Waals surface area contributed by atoms with Crippen molar-refractivity contribution in [2.75, 3.05) is 7.11 Å². The topological polar surface area (TPSA) is 18.5 Å². The molecule has 0 amide bonds. The van der Waals surface area contributed by atoms with Gasteiger partial charge in [-0.25, -0.2) is 0 Å². The molecule has 0 heterocycles. The van der Waals surface area contributed by atoms with Crippen LogP contribution in [0.15, 0.2) is 36.4 Å². The normalized spacial score (nSPS) is 10.4. The molecular weight excluding hydrogens is 272 g/mol. The number of aryl methyl sites for hydroxylation is 2. The molecule has 0 aliphatic rings. The average molecular weight is 291 g/mol. The molecule has 106 valence electrons. The van der Waals surface area contributed by atoms with Crippen LogP contribution in [0.1, 0.15) is 22.3 Å². The molecule has 2 rings (SSSR count). The van der Waals surface area contributed by atoms with Crippen molar-refractivity contribution in [1.82, 2.24) is 0 Å². The second kappa shape index (κ2) is 6.67. The van der Waals surface area contributed by atoms with Gasteiger partial charge in [-0.15, -0.1) is 11.6 Å². The predicted octanol–water partition coefficient (Wildman–Crippen LogP) is 4.63. The average Bonchev–Trinajstić information content (AvgIpc) is 2.43. The number of hydrogen-bond donors (Lipinski definition) is 0. The molecule has 0 N–H and O–H groups in total. The summed E-state index contributed by atoms with van der Waals surface area (Å²) in [6.45, 7) is 4.71. The zero-order chi connectivity index (χ0) is 14.5. The number of alkyl halides is 1. The Kier molecular flexibility index (Phi) is 4.91. The summed E-state index contributed by atoms with van der Waals surface area (Å²) < 4.78 is 11.1. The number of benzene rings is 2. The van der Waals surface area contributed by atoms with Crippen molar-refractivity contribution in [3.63, 3.8) is 0 Å². The summed E-state index contributed by atoms with van der Waals surface area (Å²) in [6, 6.07) is 12.1. The van der Waals surface area contributed by atoms with E-state index in [1.807, 2.05) is 18.2 Å². The minimum absolute atomic E-state index is 0.423. The van der Waals surface area contributed by atoms with Crippen molar-refractivity contribution in [1.29, 1.82) is 0 Å². The zero-order valence-electron chi connectivity index (χ0n) is 12.1. The lowest BCUT2D eigenvalue weighted by atomic mass is 10.1. The van der Waals surface area contributed by atoms with Gasteiger partial charge in [0.1, 0.15) is 18.1 Å². The molecule has 0 atom stereocenters. The van der Waals surface area contributed by atoms with Crippen LogP contribution in [-0.2, 0) is 12.5 Å². The van der Waals surface area contributed by atoms with Gasteiger partial charge in [-0.3, -0.25) is 0 Å². The standard InChI is InChI=1S/C17H19ClO2/c1-12-6-13(2)8-14(7-12)11-20-17-9-16(19-3)5-4-15(17)10-18/h4-9H,10-11H2,1-3H3. The molecule has 0 saturated heterocycles. The predicted molar refractivity (Wildman–Crippen MR) is 82.8 cm³/mol. The van der Waals surface area contributed by atoms with Crippen molar-refractivity contribution in [2.45, 2.75) is 26.3 Å². The minimum atomic E-state index is 0.423. The van der Waals surface area contributed by atoms with E-state index < -0.39 is 0 Å². The lowest BCUT2D eigenvalue weighted by Gasteiger charge is -2.12. The summed E-state index contributed by atoms with van der Waals surface area (Å²) in [5.74, 6) is 1.97. The molecule has 0 spiro atoms. The Bertz CT molecular complexity index is 573. The largest absolute Gasteiger partial charge is 0.497 e. The number of hydrogen-bond acceptors (Lipinski definition) is 2. The molecular formula is C17H19ClO2. The Morgan fingerprint density at radius 1 is 1.00 bits per heavy atom. The summed E-state index contributed by atoms with van der Waals surface area (Å²) in [6.07, 6.45) is 0. The van der Waals surface area contributed by atoms with Crippen LogP contribution in [0.4, 0.5) is 0 Å². The third kappa shape index (κ3) is 3.67. The molecule has 2 aromatic carbocycles. The summed E-state index contributed by atoms with van der Waals surface area (Å²) in [5, 5.41) is 0. The van der Waals surface area contributed by atoms with Gasteiger partial charge in [-0.1, -0.05) is 35.4 Å². The van der Waals surface area contributed by atoms with Crippen LogP contribution < -0.4 is 9.47 Å². The molecule has 3 heteroatoms. The van der Waals surface area contributed by atoms with Crippen molar-refractivity contribution in [2.24, 2.45) is 0 Å². The molecule has 0 aliphatic heterocycles. The van der Waals surface area contributed by atoms with E-state index in [1.54, 1.807) is 7.11 Å². The van der Waals surface area contributed by atoms with Gasteiger partial charge in [0, 0.05) is 11.6 Å². The molecule has 0 aromatic heterocycles. The van der Waals surface area contributed by atoms with Crippen LogP contribution in [-0.4, -0.2) is 7.11 Å². The number of ether oxygens (including phenoxy) is 2. The molecule has 2 aromatic rings. The highest BCUT2D eigenvalue weighted by atomic mass is 35.5. The zero-order valence-corrected chi connectivity index (χ0v) is 12.8. The first kappa shape index (κ1) is 14.7. The Labute approximate surface area is 125 Å². The van der Waals surface area contributed by atoms with Gasteiger partial charge < -0.3 is 9.47 Å². The van der Waals surface area contributed by atoms with Crippen LogP contribution >= 0.6 is 11.6 Å². The van der Waals surface area contributed by atoms with E-state index >= 15 is 0 Å². The summed E-state index contributed by atoms with van der Waals surface area (Å²) >= 11 is 5.94. The van der Waals surface area contributed by atoms with Crippen molar-refractivity contribution in [3.8, 4) is 11.5 Å². The fourth-order valence-electron chi connectivity index (χ4n) is 2.22. The monoisotopic (exact) mass is 290 g/mol.